The smallest absolute Gasteiger partial charge is 0.316 e. The predicted octanol–water partition coefficient (Wildman–Crippen LogP) is 4.00. The largest absolute Gasteiger partial charge is 0.488 e. The van der Waals surface area contributed by atoms with Gasteiger partial charge in [0.15, 0.2) is 0 Å². The Bertz CT molecular complexity index is 912. The van der Waals surface area contributed by atoms with Crippen LogP contribution < -0.4 is 15.8 Å². The molecule has 1 aromatic heterocycles. The number of primary amides is 1. The van der Waals surface area contributed by atoms with Crippen LogP contribution in [0.3, 0.4) is 0 Å². The van der Waals surface area contributed by atoms with E-state index in [0.29, 0.717) is 17.9 Å². The molecule has 3 rings (SSSR count). The van der Waals surface area contributed by atoms with Crippen molar-refractivity contribution in [2.45, 2.75) is 32.0 Å². The summed E-state index contributed by atoms with van der Waals surface area (Å²) in [5.74, 6) is 0.702. The fourth-order valence-electron chi connectivity index (χ4n) is 3.00. The molecule has 6 heteroatoms. The van der Waals surface area contributed by atoms with Gasteiger partial charge in [0.1, 0.15) is 11.9 Å². The Labute approximate surface area is 170 Å². The lowest BCUT2D eigenvalue weighted by Gasteiger charge is -2.20. The van der Waals surface area contributed by atoms with Crippen LogP contribution in [0.4, 0.5) is 10.5 Å². The molecule has 0 aliphatic heterocycles. The number of aryl methyl sites for hydroxylation is 1. The highest BCUT2D eigenvalue weighted by atomic mass is 16.5. The zero-order valence-corrected chi connectivity index (χ0v) is 16.3. The third kappa shape index (κ3) is 6.05. The summed E-state index contributed by atoms with van der Waals surface area (Å²) in [6.45, 7) is 1.87. The minimum Gasteiger partial charge on any atom is -0.488 e. The molecule has 0 saturated carbocycles. The molecule has 0 radical (unpaired) electrons. The summed E-state index contributed by atoms with van der Waals surface area (Å²) in [5.41, 5.74) is 8.89. The summed E-state index contributed by atoms with van der Waals surface area (Å²) >= 11 is 0. The van der Waals surface area contributed by atoms with E-state index < -0.39 is 12.1 Å². The van der Waals surface area contributed by atoms with E-state index >= 15 is 0 Å². The molecule has 0 fully saturated rings. The van der Waals surface area contributed by atoms with Crippen LogP contribution in [0.25, 0.3) is 11.1 Å². The van der Waals surface area contributed by atoms with Gasteiger partial charge in [-0.15, -0.1) is 0 Å². The van der Waals surface area contributed by atoms with Gasteiger partial charge in [-0.2, -0.15) is 0 Å². The summed E-state index contributed by atoms with van der Waals surface area (Å²) in [5, 5.41) is 12.9. The molecule has 2 aromatic carbocycles. The maximum absolute atomic E-state index is 10.9. The van der Waals surface area contributed by atoms with Crippen LogP contribution in [0.1, 0.15) is 18.9 Å². The van der Waals surface area contributed by atoms with E-state index in [1.807, 2.05) is 61.7 Å². The topological polar surface area (TPSA) is 97.5 Å². The van der Waals surface area contributed by atoms with Crippen molar-refractivity contribution in [3.8, 4) is 16.9 Å². The number of nitrogens with one attached hydrogen (secondary N) is 1. The van der Waals surface area contributed by atoms with Crippen LogP contribution in [0.5, 0.6) is 5.75 Å². The van der Waals surface area contributed by atoms with E-state index in [2.05, 4.69) is 10.3 Å². The van der Waals surface area contributed by atoms with Gasteiger partial charge in [-0.1, -0.05) is 30.3 Å². The van der Waals surface area contributed by atoms with E-state index in [1.54, 1.807) is 18.3 Å². The number of pyridine rings is 1. The van der Waals surface area contributed by atoms with Crippen molar-refractivity contribution in [1.82, 2.24) is 4.98 Å². The Hall–Kier alpha value is -3.38. The van der Waals surface area contributed by atoms with E-state index in [1.165, 1.54) is 0 Å². The van der Waals surface area contributed by atoms with E-state index in [0.717, 1.165) is 23.1 Å². The number of aromatic nitrogens is 1. The molecule has 4 N–H and O–H groups in total. The first-order valence-electron chi connectivity index (χ1n) is 9.52. The molecule has 0 saturated heterocycles. The summed E-state index contributed by atoms with van der Waals surface area (Å²) in [6, 6.07) is 18.4. The predicted molar refractivity (Wildman–Crippen MR) is 114 cm³/mol. The Kier molecular flexibility index (Phi) is 6.81. The number of carbonyl (C=O) groups excluding carboxylic acids is 1. The molecule has 0 aliphatic rings. The number of anilines is 1. The molecule has 1 heterocycles. The maximum Gasteiger partial charge on any atom is 0.316 e. The quantitative estimate of drug-likeness (QED) is 0.541. The molecular weight excluding hydrogens is 366 g/mol. The van der Waals surface area contributed by atoms with Gasteiger partial charge in [0, 0.05) is 18.1 Å². The van der Waals surface area contributed by atoms with Crippen LogP contribution in [-0.4, -0.2) is 28.3 Å². The van der Waals surface area contributed by atoms with Crippen molar-refractivity contribution in [3.63, 3.8) is 0 Å². The van der Waals surface area contributed by atoms with Gasteiger partial charge in [-0.05, 0) is 66.8 Å². The normalized spacial score (nSPS) is 12.8. The summed E-state index contributed by atoms with van der Waals surface area (Å²) in [6.07, 6.45) is 4.02. The number of carbonyl (C=O) groups is 1. The SMILES string of the molecule is CC(Oc1ccc(-c2ccc(NC(N)=O)cc2)cc1)[C@H](O)CCc1cccnc1. The molecule has 1 unspecified atom stereocenters. The van der Waals surface area contributed by atoms with E-state index in [4.69, 9.17) is 10.5 Å². The van der Waals surface area contributed by atoms with Gasteiger partial charge >= 0.3 is 6.03 Å². The Balaban J connectivity index is 1.54. The van der Waals surface area contributed by atoms with Crippen molar-refractivity contribution in [3.05, 3.63) is 78.6 Å². The Morgan fingerprint density at radius 3 is 2.34 bits per heavy atom. The monoisotopic (exact) mass is 391 g/mol. The number of aliphatic hydroxyl groups excluding tert-OH is 1. The highest BCUT2D eigenvalue weighted by molar-refractivity contribution is 5.88. The highest BCUT2D eigenvalue weighted by Gasteiger charge is 2.16. The third-order valence-corrected chi connectivity index (χ3v) is 4.66. The third-order valence-electron chi connectivity index (χ3n) is 4.66. The van der Waals surface area contributed by atoms with Crippen molar-refractivity contribution in [2.24, 2.45) is 5.73 Å². The molecule has 3 aromatic rings. The molecule has 29 heavy (non-hydrogen) atoms. The minimum atomic E-state index is -0.587. The van der Waals surface area contributed by atoms with Crippen molar-refractivity contribution >= 4 is 11.7 Å². The van der Waals surface area contributed by atoms with Crippen molar-refractivity contribution in [1.29, 1.82) is 0 Å². The molecule has 0 spiro atoms. The number of aliphatic hydroxyl groups is 1. The lowest BCUT2D eigenvalue weighted by molar-refractivity contribution is 0.0420. The number of rotatable bonds is 8. The number of benzene rings is 2. The first-order chi connectivity index (χ1) is 14.0. The molecular formula is C23H25N3O3. The zero-order chi connectivity index (χ0) is 20.6. The highest BCUT2D eigenvalue weighted by Crippen LogP contribution is 2.25. The first-order valence-corrected chi connectivity index (χ1v) is 9.52. The molecule has 150 valence electrons. The number of hydrogen-bond acceptors (Lipinski definition) is 4. The van der Waals surface area contributed by atoms with Crippen molar-refractivity contribution in [2.75, 3.05) is 5.32 Å². The van der Waals surface area contributed by atoms with Gasteiger partial charge in [-0.25, -0.2) is 4.79 Å². The summed E-state index contributed by atoms with van der Waals surface area (Å²) < 4.78 is 5.89. The standard InChI is InChI=1S/C23H25N3O3/c1-16(22(27)13-4-17-3-2-14-25-15-17)29-21-11-7-19(8-12-21)18-5-9-20(10-6-18)26-23(24)28/h2-3,5-12,14-16,22,27H,4,13H2,1H3,(H3,24,26,28)/t16?,22-/m1/s1. The fraction of sp³-hybridized carbons (Fsp3) is 0.217. The summed E-state index contributed by atoms with van der Waals surface area (Å²) in [7, 11) is 0. The fourth-order valence-corrected chi connectivity index (χ4v) is 3.00. The minimum absolute atomic E-state index is 0.323. The number of hydrogen-bond donors (Lipinski definition) is 3. The number of urea groups is 1. The Morgan fingerprint density at radius 2 is 1.76 bits per heavy atom. The summed E-state index contributed by atoms with van der Waals surface area (Å²) in [4.78, 5) is 15.0. The van der Waals surface area contributed by atoms with Crippen molar-refractivity contribution < 1.29 is 14.6 Å². The van der Waals surface area contributed by atoms with Gasteiger partial charge < -0.3 is 20.9 Å². The maximum atomic E-state index is 10.9. The molecule has 2 atom stereocenters. The van der Waals surface area contributed by atoms with Gasteiger partial charge in [0.05, 0.1) is 6.10 Å². The van der Waals surface area contributed by atoms with Crippen LogP contribution in [0.15, 0.2) is 73.1 Å². The van der Waals surface area contributed by atoms with Gasteiger partial charge in [0.2, 0.25) is 0 Å². The average Bonchev–Trinajstić information content (AvgIpc) is 2.73. The molecule has 2 amide bonds. The molecule has 0 aliphatic carbocycles. The lowest BCUT2D eigenvalue weighted by atomic mass is 10.0. The van der Waals surface area contributed by atoms with Crippen LogP contribution in [0.2, 0.25) is 0 Å². The average molecular weight is 391 g/mol. The second-order valence-electron chi connectivity index (χ2n) is 6.88. The van der Waals surface area contributed by atoms with Crippen LogP contribution in [-0.2, 0) is 6.42 Å². The number of ether oxygens (including phenoxy) is 1. The van der Waals surface area contributed by atoms with E-state index in [9.17, 15) is 9.90 Å². The number of nitrogens with two attached hydrogens (primary N) is 1. The lowest BCUT2D eigenvalue weighted by Crippen LogP contribution is -2.29. The number of amides is 2. The molecule has 6 nitrogen and oxygen atoms in total. The zero-order valence-electron chi connectivity index (χ0n) is 16.3. The van der Waals surface area contributed by atoms with Crippen LogP contribution >= 0.6 is 0 Å². The number of nitrogens with zero attached hydrogens (tertiary/aromatic N) is 1. The van der Waals surface area contributed by atoms with Gasteiger partial charge in [-0.3, -0.25) is 4.98 Å². The second kappa shape index (κ2) is 9.71. The second-order valence-corrected chi connectivity index (χ2v) is 6.88. The molecule has 0 bridgehead atoms. The van der Waals surface area contributed by atoms with E-state index in [-0.39, 0.29) is 6.10 Å². The first kappa shape index (κ1) is 20.4. The Morgan fingerprint density at radius 1 is 1.10 bits per heavy atom. The van der Waals surface area contributed by atoms with Crippen LogP contribution in [0, 0.1) is 0 Å². The van der Waals surface area contributed by atoms with Gasteiger partial charge in [0.25, 0.3) is 0 Å².